The largest absolute Gasteiger partial charge is 0.482 e. The molecule has 1 unspecified atom stereocenters. The molecule has 0 spiro atoms. The summed E-state index contributed by atoms with van der Waals surface area (Å²) in [7, 11) is 0. The standard InChI is InChI=1S/C19H15ClF2N2O3/c1-11(12-2-4-13(20)5-3-12)23-19(25)17-9-15(27-24-17)10-26-18-7-6-14(21)8-16(18)22/h2-9,11H,10H2,1H3,(H,23,25). The van der Waals surface area contributed by atoms with Gasteiger partial charge in [-0.2, -0.15) is 0 Å². The SMILES string of the molecule is CC(NC(=O)c1cc(COc2ccc(F)cc2F)on1)c1ccc(Cl)cc1. The minimum Gasteiger partial charge on any atom is -0.482 e. The number of carbonyl (C=O) groups is 1. The number of nitrogens with zero attached hydrogens (tertiary/aromatic N) is 1. The summed E-state index contributed by atoms with van der Waals surface area (Å²) in [6.07, 6.45) is 0. The third kappa shape index (κ3) is 4.83. The van der Waals surface area contributed by atoms with E-state index in [1.54, 1.807) is 12.1 Å². The van der Waals surface area contributed by atoms with Crippen molar-refractivity contribution in [3.8, 4) is 5.75 Å². The molecule has 0 aliphatic heterocycles. The lowest BCUT2D eigenvalue weighted by atomic mass is 10.1. The van der Waals surface area contributed by atoms with E-state index in [0.717, 1.165) is 11.6 Å². The molecule has 1 aromatic heterocycles. The van der Waals surface area contributed by atoms with Crippen molar-refractivity contribution in [2.75, 3.05) is 0 Å². The Morgan fingerprint density at radius 1 is 1.22 bits per heavy atom. The van der Waals surface area contributed by atoms with Gasteiger partial charge in [0.15, 0.2) is 23.0 Å². The second-order valence-corrected chi connectivity index (χ2v) is 6.23. The van der Waals surface area contributed by atoms with Gasteiger partial charge in [0.05, 0.1) is 6.04 Å². The van der Waals surface area contributed by atoms with E-state index in [4.69, 9.17) is 20.9 Å². The number of hydrogen-bond donors (Lipinski definition) is 1. The van der Waals surface area contributed by atoms with Crippen LogP contribution < -0.4 is 10.1 Å². The van der Waals surface area contributed by atoms with Gasteiger partial charge in [-0.25, -0.2) is 8.78 Å². The molecule has 1 N–H and O–H groups in total. The van der Waals surface area contributed by atoms with Crippen molar-refractivity contribution in [3.63, 3.8) is 0 Å². The zero-order valence-electron chi connectivity index (χ0n) is 14.2. The molecule has 140 valence electrons. The molecule has 0 radical (unpaired) electrons. The van der Waals surface area contributed by atoms with Crippen molar-refractivity contribution >= 4 is 17.5 Å². The quantitative estimate of drug-likeness (QED) is 0.661. The molecule has 2 aromatic carbocycles. The van der Waals surface area contributed by atoms with E-state index >= 15 is 0 Å². The number of amides is 1. The Labute approximate surface area is 158 Å². The first-order valence-electron chi connectivity index (χ1n) is 8.02. The number of aromatic nitrogens is 1. The van der Waals surface area contributed by atoms with Crippen molar-refractivity contribution in [1.82, 2.24) is 10.5 Å². The predicted molar refractivity (Wildman–Crippen MR) is 94.5 cm³/mol. The molecule has 27 heavy (non-hydrogen) atoms. The van der Waals surface area contributed by atoms with E-state index in [2.05, 4.69) is 10.5 Å². The highest BCUT2D eigenvalue weighted by molar-refractivity contribution is 6.30. The average Bonchev–Trinajstić information content (AvgIpc) is 3.10. The summed E-state index contributed by atoms with van der Waals surface area (Å²) in [5.74, 6) is -1.86. The van der Waals surface area contributed by atoms with Crippen LogP contribution in [0.1, 0.15) is 34.8 Å². The number of rotatable bonds is 6. The first-order chi connectivity index (χ1) is 12.9. The Bertz CT molecular complexity index is 944. The Balaban J connectivity index is 1.59. The molecule has 8 heteroatoms. The van der Waals surface area contributed by atoms with Crippen LogP contribution in [-0.4, -0.2) is 11.1 Å². The maximum atomic E-state index is 13.5. The Morgan fingerprint density at radius 3 is 2.67 bits per heavy atom. The zero-order valence-corrected chi connectivity index (χ0v) is 15.0. The number of ether oxygens (including phenoxy) is 1. The summed E-state index contributed by atoms with van der Waals surface area (Å²) < 4.78 is 36.6. The van der Waals surface area contributed by atoms with Crippen LogP contribution in [0.2, 0.25) is 5.02 Å². The summed E-state index contributed by atoms with van der Waals surface area (Å²) in [4.78, 5) is 12.3. The van der Waals surface area contributed by atoms with Crippen LogP contribution in [0.25, 0.3) is 0 Å². The molecule has 5 nitrogen and oxygen atoms in total. The van der Waals surface area contributed by atoms with E-state index in [-0.39, 0.29) is 29.9 Å². The second-order valence-electron chi connectivity index (χ2n) is 5.79. The van der Waals surface area contributed by atoms with Gasteiger partial charge < -0.3 is 14.6 Å². The number of benzene rings is 2. The molecule has 0 saturated carbocycles. The van der Waals surface area contributed by atoms with Gasteiger partial charge in [-0.1, -0.05) is 28.9 Å². The molecular formula is C19H15ClF2N2O3. The fourth-order valence-electron chi connectivity index (χ4n) is 2.33. The monoisotopic (exact) mass is 392 g/mol. The fourth-order valence-corrected chi connectivity index (χ4v) is 2.46. The van der Waals surface area contributed by atoms with Gasteiger partial charge >= 0.3 is 0 Å². The highest BCUT2D eigenvalue weighted by Crippen LogP contribution is 2.20. The summed E-state index contributed by atoms with van der Waals surface area (Å²) in [6.45, 7) is 1.66. The summed E-state index contributed by atoms with van der Waals surface area (Å²) >= 11 is 5.85. The molecule has 0 fully saturated rings. The average molecular weight is 393 g/mol. The molecule has 0 saturated heterocycles. The molecule has 0 aliphatic rings. The van der Waals surface area contributed by atoms with Crippen LogP contribution >= 0.6 is 11.6 Å². The fraction of sp³-hybridized carbons (Fsp3) is 0.158. The maximum Gasteiger partial charge on any atom is 0.273 e. The third-order valence-electron chi connectivity index (χ3n) is 3.77. The van der Waals surface area contributed by atoms with Crippen LogP contribution in [-0.2, 0) is 6.61 Å². The summed E-state index contributed by atoms with van der Waals surface area (Å²) in [5, 5.41) is 7.08. The number of carbonyl (C=O) groups excluding carboxylic acids is 1. The van der Waals surface area contributed by atoms with Gasteiger partial charge in [0.1, 0.15) is 12.4 Å². The molecule has 3 rings (SSSR count). The van der Waals surface area contributed by atoms with Crippen molar-refractivity contribution < 1.29 is 22.8 Å². The normalized spacial score (nSPS) is 11.9. The van der Waals surface area contributed by atoms with Gasteiger partial charge in [0.25, 0.3) is 5.91 Å². The van der Waals surface area contributed by atoms with Crippen LogP contribution in [0.15, 0.2) is 53.1 Å². The van der Waals surface area contributed by atoms with E-state index in [1.165, 1.54) is 12.1 Å². The molecule has 1 amide bonds. The van der Waals surface area contributed by atoms with Crippen LogP contribution in [0.4, 0.5) is 8.78 Å². The molecule has 0 bridgehead atoms. The minimum atomic E-state index is -0.829. The highest BCUT2D eigenvalue weighted by atomic mass is 35.5. The van der Waals surface area contributed by atoms with E-state index in [9.17, 15) is 13.6 Å². The number of hydrogen-bond acceptors (Lipinski definition) is 4. The van der Waals surface area contributed by atoms with Crippen molar-refractivity contribution in [2.24, 2.45) is 0 Å². The third-order valence-corrected chi connectivity index (χ3v) is 4.03. The number of halogens is 3. The summed E-state index contributed by atoms with van der Waals surface area (Å²) in [6, 6.07) is 11.2. The molecule has 1 atom stereocenters. The van der Waals surface area contributed by atoms with Gasteiger partial charge in [-0.15, -0.1) is 0 Å². The lowest BCUT2D eigenvalue weighted by molar-refractivity contribution is 0.0930. The van der Waals surface area contributed by atoms with E-state index in [1.807, 2.05) is 19.1 Å². The van der Waals surface area contributed by atoms with Crippen LogP contribution in [0.3, 0.4) is 0 Å². The van der Waals surface area contributed by atoms with E-state index < -0.39 is 17.5 Å². The number of nitrogens with one attached hydrogen (secondary N) is 1. The Morgan fingerprint density at radius 2 is 1.96 bits per heavy atom. The molecule has 3 aromatic rings. The van der Waals surface area contributed by atoms with Crippen molar-refractivity contribution in [1.29, 1.82) is 0 Å². The lowest BCUT2D eigenvalue weighted by Gasteiger charge is -2.13. The first kappa shape index (κ1) is 18.8. The smallest absolute Gasteiger partial charge is 0.273 e. The molecule has 1 heterocycles. The second kappa shape index (κ2) is 8.18. The van der Waals surface area contributed by atoms with Gasteiger partial charge in [0.2, 0.25) is 0 Å². The minimum absolute atomic E-state index is 0.0639. The van der Waals surface area contributed by atoms with Gasteiger partial charge in [-0.3, -0.25) is 4.79 Å². The first-order valence-corrected chi connectivity index (χ1v) is 8.40. The lowest BCUT2D eigenvalue weighted by Crippen LogP contribution is -2.26. The van der Waals surface area contributed by atoms with Gasteiger partial charge in [-0.05, 0) is 36.8 Å². The topological polar surface area (TPSA) is 64.4 Å². The van der Waals surface area contributed by atoms with Gasteiger partial charge in [0, 0.05) is 17.2 Å². The molecule has 0 aliphatic carbocycles. The van der Waals surface area contributed by atoms with Crippen LogP contribution in [0.5, 0.6) is 5.75 Å². The highest BCUT2D eigenvalue weighted by Gasteiger charge is 2.16. The zero-order chi connectivity index (χ0) is 19.4. The van der Waals surface area contributed by atoms with Crippen LogP contribution in [0, 0.1) is 11.6 Å². The van der Waals surface area contributed by atoms with Crippen molar-refractivity contribution in [2.45, 2.75) is 19.6 Å². The maximum absolute atomic E-state index is 13.5. The Kier molecular flexibility index (Phi) is 5.71. The predicted octanol–water partition coefficient (Wildman–Crippen LogP) is 4.68. The Hall–Kier alpha value is -2.93. The van der Waals surface area contributed by atoms with Crippen molar-refractivity contribution in [3.05, 3.63) is 82.2 Å². The molecular weight excluding hydrogens is 378 g/mol. The summed E-state index contributed by atoms with van der Waals surface area (Å²) in [5.41, 5.74) is 0.945. The van der Waals surface area contributed by atoms with E-state index in [0.29, 0.717) is 11.1 Å².